The molecule has 6 heteroatoms. The first-order valence-electron chi connectivity index (χ1n) is 3.78. The second-order valence-electron chi connectivity index (χ2n) is 2.38. The summed E-state index contributed by atoms with van der Waals surface area (Å²) in [6.45, 7) is 1.60. The van der Waals surface area contributed by atoms with Gasteiger partial charge in [-0.2, -0.15) is 13.2 Å². The number of hydrogen-bond donors (Lipinski definition) is 0. The fourth-order valence-electron chi connectivity index (χ4n) is 0.898. The van der Waals surface area contributed by atoms with Crippen molar-refractivity contribution in [1.82, 2.24) is 0 Å². The van der Waals surface area contributed by atoms with Crippen LogP contribution in [0.4, 0.5) is 13.2 Å². The van der Waals surface area contributed by atoms with E-state index in [-0.39, 0.29) is 6.61 Å². The molecule has 0 atom stereocenters. The Morgan fingerprint density at radius 3 is 2.71 bits per heavy atom. The number of carbonyl (C=O) groups is 1. The number of carbonyl (C=O) groups excluding carboxylic acids is 1. The second-order valence-corrected chi connectivity index (χ2v) is 3.30. The maximum Gasteiger partial charge on any atom is 0.426 e. The monoisotopic (exact) mass is 224 g/mol. The SMILES string of the molecule is CCOC(=O)c1ccsc1C(F)(F)F. The lowest BCUT2D eigenvalue weighted by atomic mass is 10.2. The molecule has 1 aromatic heterocycles. The van der Waals surface area contributed by atoms with Crippen LogP contribution in [0.2, 0.25) is 0 Å². The summed E-state index contributed by atoms with van der Waals surface area (Å²) in [5.74, 6) is -0.930. The molecule has 78 valence electrons. The number of alkyl halides is 3. The normalized spacial score (nSPS) is 11.4. The third-order valence-electron chi connectivity index (χ3n) is 1.42. The van der Waals surface area contributed by atoms with Gasteiger partial charge in [0.15, 0.2) is 0 Å². The third kappa shape index (κ3) is 2.25. The number of rotatable bonds is 2. The van der Waals surface area contributed by atoms with Crippen molar-refractivity contribution in [3.8, 4) is 0 Å². The summed E-state index contributed by atoms with van der Waals surface area (Å²) >= 11 is 0.485. The molecule has 0 N–H and O–H groups in total. The zero-order valence-electron chi connectivity index (χ0n) is 7.22. The first-order chi connectivity index (χ1) is 6.46. The molecule has 0 fully saturated rings. The molecule has 0 amide bonds. The molecule has 0 bridgehead atoms. The van der Waals surface area contributed by atoms with Crippen LogP contribution in [0, 0.1) is 0 Å². The van der Waals surface area contributed by atoms with Crippen LogP contribution in [0.15, 0.2) is 11.4 Å². The second kappa shape index (κ2) is 4.00. The first kappa shape index (κ1) is 11.0. The van der Waals surface area contributed by atoms with E-state index in [2.05, 4.69) is 4.74 Å². The standard InChI is InChI=1S/C8H7F3O2S/c1-2-13-7(12)5-3-4-14-6(5)8(9,10)11/h3-4H,2H2,1H3. The number of hydrogen-bond acceptors (Lipinski definition) is 3. The van der Waals surface area contributed by atoms with Crippen molar-refractivity contribution in [2.75, 3.05) is 6.61 Å². The van der Waals surface area contributed by atoms with E-state index in [9.17, 15) is 18.0 Å². The van der Waals surface area contributed by atoms with Crippen LogP contribution in [0.25, 0.3) is 0 Å². The van der Waals surface area contributed by atoms with Crippen LogP contribution in [0.1, 0.15) is 22.2 Å². The lowest BCUT2D eigenvalue weighted by Crippen LogP contribution is -2.11. The fraction of sp³-hybridized carbons (Fsp3) is 0.375. The van der Waals surface area contributed by atoms with E-state index in [1.807, 2.05) is 0 Å². The summed E-state index contributed by atoms with van der Waals surface area (Å²) in [4.78, 5) is 10.2. The summed E-state index contributed by atoms with van der Waals surface area (Å²) in [6.07, 6.45) is -4.49. The van der Waals surface area contributed by atoms with Crippen molar-refractivity contribution in [3.05, 3.63) is 21.9 Å². The molecule has 0 radical (unpaired) electrons. The minimum absolute atomic E-state index is 0.0615. The molecule has 14 heavy (non-hydrogen) atoms. The summed E-state index contributed by atoms with van der Waals surface area (Å²) < 4.78 is 41.3. The van der Waals surface area contributed by atoms with Crippen molar-refractivity contribution < 1.29 is 22.7 Å². The molecule has 0 spiro atoms. The first-order valence-corrected chi connectivity index (χ1v) is 4.66. The van der Waals surface area contributed by atoms with E-state index in [1.54, 1.807) is 0 Å². The van der Waals surface area contributed by atoms with Gasteiger partial charge in [0, 0.05) is 0 Å². The predicted octanol–water partition coefficient (Wildman–Crippen LogP) is 2.94. The Kier molecular flexibility index (Phi) is 3.15. The van der Waals surface area contributed by atoms with Crippen molar-refractivity contribution in [2.45, 2.75) is 13.1 Å². The van der Waals surface area contributed by atoms with Crippen LogP contribution < -0.4 is 0 Å². The van der Waals surface area contributed by atoms with Crippen LogP contribution in [0.3, 0.4) is 0 Å². The molecule has 0 saturated heterocycles. The molecule has 0 aromatic carbocycles. The van der Waals surface area contributed by atoms with E-state index >= 15 is 0 Å². The van der Waals surface area contributed by atoms with E-state index in [0.29, 0.717) is 11.3 Å². The molecule has 1 heterocycles. The molecule has 0 saturated carbocycles. The Hall–Kier alpha value is -1.04. The Labute approximate surface area is 82.3 Å². The van der Waals surface area contributed by atoms with Crippen LogP contribution >= 0.6 is 11.3 Å². The van der Waals surface area contributed by atoms with Gasteiger partial charge in [-0.1, -0.05) is 0 Å². The van der Waals surface area contributed by atoms with Gasteiger partial charge in [-0.05, 0) is 18.4 Å². The zero-order chi connectivity index (χ0) is 10.8. The smallest absolute Gasteiger partial charge is 0.426 e. The molecule has 0 unspecified atom stereocenters. The Morgan fingerprint density at radius 1 is 1.57 bits per heavy atom. The molecule has 1 rings (SSSR count). The number of esters is 1. The Morgan fingerprint density at radius 2 is 2.21 bits per heavy atom. The highest BCUT2D eigenvalue weighted by Gasteiger charge is 2.37. The summed E-state index contributed by atoms with van der Waals surface area (Å²) in [5.41, 5.74) is -0.413. The molecule has 0 aliphatic carbocycles. The van der Waals surface area contributed by atoms with Gasteiger partial charge < -0.3 is 4.74 Å². The minimum atomic E-state index is -4.49. The quantitative estimate of drug-likeness (QED) is 0.722. The summed E-state index contributed by atoms with van der Waals surface area (Å²) in [6, 6.07) is 1.12. The zero-order valence-corrected chi connectivity index (χ0v) is 8.04. The van der Waals surface area contributed by atoms with Crippen LogP contribution in [-0.2, 0) is 10.9 Å². The number of ether oxygens (including phenoxy) is 1. The average molecular weight is 224 g/mol. The highest BCUT2D eigenvalue weighted by molar-refractivity contribution is 7.10. The Bertz CT molecular complexity index is 330. The Balaban J connectivity index is 2.99. The van der Waals surface area contributed by atoms with Crippen molar-refractivity contribution in [3.63, 3.8) is 0 Å². The van der Waals surface area contributed by atoms with Gasteiger partial charge >= 0.3 is 12.1 Å². The van der Waals surface area contributed by atoms with Gasteiger partial charge in [0.2, 0.25) is 0 Å². The summed E-state index contributed by atoms with van der Waals surface area (Å²) in [5, 5.41) is 1.22. The van der Waals surface area contributed by atoms with E-state index < -0.39 is 22.6 Å². The van der Waals surface area contributed by atoms with Gasteiger partial charge in [0.1, 0.15) is 4.88 Å². The van der Waals surface area contributed by atoms with Gasteiger partial charge in [-0.15, -0.1) is 11.3 Å². The van der Waals surface area contributed by atoms with Crippen LogP contribution in [0.5, 0.6) is 0 Å². The van der Waals surface area contributed by atoms with Crippen molar-refractivity contribution in [1.29, 1.82) is 0 Å². The van der Waals surface area contributed by atoms with Crippen molar-refractivity contribution >= 4 is 17.3 Å². The van der Waals surface area contributed by atoms with Crippen LogP contribution in [-0.4, -0.2) is 12.6 Å². The van der Waals surface area contributed by atoms with Gasteiger partial charge in [-0.3, -0.25) is 0 Å². The van der Waals surface area contributed by atoms with Gasteiger partial charge in [-0.25, -0.2) is 4.79 Å². The fourth-order valence-corrected chi connectivity index (χ4v) is 1.65. The van der Waals surface area contributed by atoms with E-state index in [0.717, 1.165) is 6.07 Å². The predicted molar refractivity (Wildman–Crippen MR) is 45.3 cm³/mol. The molecule has 1 aromatic rings. The molecular formula is C8H7F3O2S. The maximum atomic E-state index is 12.3. The van der Waals surface area contributed by atoms with Crippen molar-refractivity contribution in [2.24, 2.45) is 0 Å². The van der Waals surface area contributed by atoms with E-state index in [4.69, 9.17) is 0 Å². The van der Waals surface area contributed by atoms with E-state index in [1.165, 1.54) is 12.3 Å². The highest BCUT2D eigenvalue weighted by atomic mass is 32.1. The number of thiophene rings is 1. The van der Waals surface area contributed by atoms with Gasteiger partial charge in [0.25, 0.3) is 0 Å². The molecule has 0 aliphatic heterocycles. The lowest BCUT2D eigenvalue weighted by molar-refractivity contribution is -0.134. The number of halogens is 3. The molecule has 2 nitrogen and oxygen atoms in total. The molecule has 0 aliphatic rings. The van der Waals surface area contributed by atoms with Gasteiger partial charge in [0.05, 0.1) is 12.2 Å². The third-order valence-corrected chi connectivity index (χ3v) is 2.38. The average Bonchev–Trinajstić information content (AvgIpc) is 2.50. The largest absolute Gasteiger partial charge is 0.462 e. The highest BCUT2D eigenvalue weighted by Crippen LogP contribution is 2.36. The lowest BCUT2D eigenvalue weighted by Gasteiger charge is -2.06. The molecular weight excluding hydrogens is 217 g/mol. The topological polar surface area (TPSA) is 26.3 Å². The summed E-state index contributed by atoms with van der Waals surface area (Å²) in [7, 11) is 0. The maximum absolute atomic E-state index is 12.3. The minimum Gasteiger partial charge on any atom is -0.462 e.